The van der Waals surface area contributed by atoms with E-state index in [-0.39, 0.29) is 16.4 Å². The third-order valence-corrected chi connectivity index (χ3v) is 8.53. The van der Waals surface area contributed by atoms with Gasteiger partial charge in [-0.1, -0.05) is 6.07 Å². The molecule has 0 unspecified atom stereocenters. The first kappa shape index (κ1) is 18.8. The minimum atomic E-state index is -3.81. The molecule has 0 amide bonds. The molecule has 7 nitrogen and oxygen atoms in total. The predicted octanol–water partition coefficient (Wildman–Crippen LogP) is 0.819. The lowest BCUT2D eigenvalue weighted by molar-refractivity contribution is 0.414. The predicted molar refractivity (Wildman–Crippen MR) is 97.5 cm³/mol. The Balaban J connectivity index is 1.84. The number of benzene rings is 1. The first-order valence-electron chi connectivity index (χ1n) is 8.03. The van der Waals surface area contributed by atoms with Gasteiger partial charge in [-0.15, -0.1) is 0 Å². The van der Waals surface area contributed by atoms with Crippen LogP contribution in [0, 0.1) is 0 Å². The van der Waals surface area contributed by atoms with Crippen molar-refractivity contribution in [2.75, 3.05) is 18.6 Å². The van der Waals surface area contributed by atoms with Gasteiger partial charge < -0.3 is 10.1 Å². The summed E-state index contributed by atoms with van der Waals surface area (Å²) in [6.07, 6.45) is 1.63. The van der Waals surface area contributed by atoms with Crippen molar-refractivity contribution >= 4 is 19.7 Å². The van der Waals surface area contributed by atoms with Crippen LogP contribution in [-0.4, -0.2) is 51.7 Å². The second-order valence-corrected chi connectivity index (χ2v) is 10.5. The fourth-order valence-corrected chi connectivity index (χ4v) is 7.71. The summed E-state index contributed by atoms with van der Waals surface area (Å²) in [7, 11) is -5.75. The van der Waals surface area contributed by atoms with Crippen molar-refractivity contribution in [3.05, 3.63) is 54.4 Å². The largest absolute Gasteiger partial charge is 0.497 e. The Morgan fingerprint density at radius 3 is 2.50 bits per heavy atom. The lowest BCUT2D eigenvalue weighted by Crippen LogP contribution is -2.43. The fraction of sp³-hybridized carbons (Fsp3) is 0.353. The molecule has 0 aliphatic carbocycles. The maximum atomic E-state index is 13.0. The Morgan fingerprint density at radius 1 is 1.15 bits per heavy atom. The van der Waals surface area contributed by atoms with E-state index < -0.39 is 31.0 Å². The quantitative estimate of drug-likeness (QED) is 0.771. The highest BCUT2D eigenvalue weighted by atomic mass is 32.2. The maximum absolute atomic E-state index is 13.0. The number of rotatable bonds is 6. The van der Waals surface area contributed by atoms with Gasteiger partial charge in [-0.05, 0) is 36.4 Å². The molecule has 9 heteroatoms. The maximum Gasteiger partial charge on any atom is 0.183 e. The molecule has 0 bridgehead atoms. The lowest BCUT2D eigenvalue weighted by atomic mass is 10.2. The minimum absolute atomic E-state index is 0.0880. The Morgan fingerprint density at radius 2 is 1.88 bits per heavy atom. The third kappa shape index (κ3) is 4.05. The first-order chi connectivity index (χ1) is 12.3. The summed E-state index contributed by atoms with van der Waals surface area (Å²) in [4.78, 5) is 4.25. The highest BCUT2D eigenvalue weighted by Gasteiger charge is 2.45. The van der Waals surface area contributed by atoms with Gasteiger partial charge in [0.25, 0.3) is 0 Å². The zero-order chi connectivity index (χ0) is 18.8. The number of nitrogens with one attached hydrogen (secondary N) is 1. The molecule has 0 radical (unpaired) electrons. The van der Waals surface area contributed by atoms with Crippen LogP contribution >= 0.6 is 0 Å². The molecule has 140 valence electrons. The highest BCUT2D eigenvalue weighted by molar-refractivity contribution is 7.96. The Labute approximate surface area is 153 Å². The van der Waals surface area contributed by atoms with Gasteiger partial charge in [0.2, 0.25) is 0 Å². The van der Waals surface area contributed by atoms with Gasteiger partial charge in [0, 0.05) is 18.8 Å². The van der Waals surface area contributed by atoms with Crippen molar-refractivity contribution in [1.29, 1.82) is 0 Å². The molecule has 1 aliphatic rings. The van der Waals surface area contributed by atoms with Gasteiger partial charge in [0.05, 0.1) is 34.5 Å². The van der Waals surface area contributed by atoms with Gasteiger partial charge in [0.15, 0.2) is 19.7 Å². The van der Waals surface area contributed by atoms with E-state index in [0.29, 0.717) is 12.3 Å². The van der Waals surface area contributed by atoms with Crippen LogP contribution in [0.5, 0.6) is 5.75 Å². The van der Waals surface area contributed by atoms with Crippen molar-refractivity contribution in [2.45, 2.75) is 22.7 Å². The van der Waals surface area contributed by atoms with Crippen LogP contribution in [0.4, 0.5) is 0 Å². The first-order valence-corrected chi connectivity index (χ1v) is 11.4. The molecule has 3 rings (SSSR count). The molecule has 0 spiro atoms. The average Bonchev–Trinajstić information content (AvgIpc) is 2.96. The normalized spacial score (nSPS) is 22.2. The van der Waals surface area contributed by atoms with Crippen LogP contribution in [0.1, 0.15) is 5.69 Å². The number of ether oxygens (including phenoxy) is 1. The number of hydrogen-bond donors (Lipinski definition) is 1. The van der Waals surface area contributed by atoms with Gasteiger partial charge in [0.1, 0.15) is 5.75 Å². The van der Waals surface area contributed by atoms with Crippen LogP contribution in [0.25, 0.3) is 0 Å². The topological polar surface area (TPSA) is 102 Å². The Hall–Kier alpha value is -1.97. The summed E-state index contributed by atoms with van der Waals surface area (Å²) in [6, 6.07) is 10.7. The SMILES string of the molecule is COc1ccc(S(=O)(=O)[C@H]2CS(=O)(=O)C[C@@H]2NCc2ccccn2)cc1. The van der Waals surface area contributed by atoms with Crippen LogP contribution in [-0.2, 0) is 26.2 Å². The zero-order valence-electron chi connectivity index (χ0n) is 14.2. The Kier molecular flexibility index (Phi) is 5.31. The third-order valence-electron chi connectivity index (χ3n) is 4.36. The van der Waals surface area contributed by atoms with E-state index in [1.807, 2.05) is 6.07 Å². The molecule has 1 fully saturated rings. The molecular formula is C17H20N2O5S2. The van der Waals surface area contributed by atoms with Gasteiger partial charge >= 0.3 is 0 Å². The molecule has 1 aromatic heterocycles. The van der Waals surface area contributed by atoms with Crippen LogP contribution in [0.2, 0.25) is 0 Å². The number of methoxy groups -OCH3 is 1. The van der Waals surface area contributed by atoms with Crippen LogP contribution in [0.3, 0.4) is 0 Å². The van der Waals surface area contributed by atoms with Crippen molar-refractivity contribution in [2.24, 2.45) is 0 Å². The summed E-state index contributed by atoms with van der Waals surface area (Å²) in [5, 5.41) is 2.02. The Bertz CT molecular complexity index is 958. The van der Waals surface area contributed by atoms with Gasteiger partial charge in [-0.25, -0.2) is 16.8 Å². The summed E-state index contributed by atoms with van der Waals surface area (Å²) in [6.45, 7) is 0.301. The van der Waals surface area contributed by atoms with E-state index in [1.54, 1.807) is 30.5 Å². The van der Waals surface area contributed by atoms with E-state index in [1.165, 1.54) is 19.2 Å². The second-order valence-electron chi connectivity index (χ2n) is 6.14. The average molecular weight is 396 g/mol. The molecule has 2 heterocycles. The number of pyridine rings is 1. The van der Waals surface area contributed by atoms with E-state index in [2.05, 4.69) is 10.3 Å². The number of aromatic nitrogens is 1. The molecule has 1 aliphatic heterocycles. The highest BCUT2D eigenvalue weighted by Crippen LogP contribution is 2.27. The molecule has 0 saturated carbocycles. The van der Waals surface area contributed by atoms with Gasteiger partial charge in [-0.2, -0.15) is 0 Å². The molecule has 2 atom stereocenters. The minimum Gasteiger partial charge on any atom is -0.497 e. The fourth-order valence-electron chi connectivity index (χ4n) is 2.99. The second kappa shape index (κ2) is 7.34. The summed E-state index contributed by atoms with van der Waals surface area (Å²) in [5.74, 6) is -0.0611. The van der Waals surface area contributed by atoms with E-state index in [4.69, 9.17) is 4.74 Å². The summed E-state index contributed by atoms with van der Waals surface area (Å²) >= 11 is 0. The van der Waals surface area contributed by atoms with Crippen molar-refractivity contribution in [3.8, 4) is 5.75 Å². The molecule has 1 aromatic carbocycles. The zero-order valence-corrected chi connectivity index (χ0v) is 15.8. The van der Waals surface area contributed by atoms with Crippen LogP contribution in [0.15, 0.2) is 53.6 Å². The smallest absolute Gasteiger partial charge is 0.183 e. The molecule has 1 N–H and O–H groups in total. The van der Waals surface area contributed by atoms with Gasteiger partial charge in [-0.3, -0.25) is 4.98 Å². The summed E-state index contributed by atoms with van der Waals surface area (Å²) in [5.41, 5.74) is 0.720. The standard InChI is InChI=1S/C17H20N2O5S2/c1-24-14-5-7-15(8-6-14)26(22,23)17-12-25(20,21)11-16(17)19-10-13-4-2-3-9-18-13/h2-9,16-17,19H,10-12H2,1H3/t16-,17-/m0/s1. The lowest BCUT2D eigenvalue weighted by Gasteiger charge is -2.20. The molecule has 2 aromatic rings. The number of hydrogen-bond acceptors (Lipinski definition) is 7. The number of sulfone groups is 2. The van der Waals surface area contributed by atoms with E-state index in [9.17, 15) is 16.8 Å². The molecule has 1 saturated heterocycles. The monoisotopic (exact) mass is 396 g/mol. The molecular weight excluding hydrogens is 376 g/mol. The molecule has 26 heavy (non-hydrogen) atoms. The van der Waals surface area contributed by atoms with Crippen molar-refractivity contribution in [3.63, 3.8) is 0 Å². The van der Waals surface area contributed by atoms with Crippen molar-refractivity contribution < 1.29 is 21.6 Å². The van der Waals surface area contributed by atoms with Crippen LogP contribution < -0.4 is 10.1 Å². The number of nitrogens with zero attached hydrogens (tertiary/aromatic N) is 1. The summed E-state index contributed by atoms with van der Waals surface area (Å²) < 4.78 is 55.2. The van der Waals surface area contributed by atoms with E-state index in [0.717, 1.165) is 5.69 Å². The van der Waals surface area contributed by atoms with E-state index >= 15 is 0 Å². The van der Waals surface area contributed by atoms with Crippen molar-refractivity contribution in [1.82, 2.24) is 10.3 Å².